The topological polar surface area (TPSA) is 54.4 Å². The van der Waals surface area contributed by atoms with Gasteiger partial charge in [0.15, 0.2) is 0 Å². The summed E-state index contributed by atoms with van der Waals surface area (Å²) in [7, 11) is -4.08. The summed E-state index contributed by atoms with van der Waals surface area (Å²) in [4.78, 5) is 0.00463. The Kier molecular flexibility index (Phi) is 5.33. The van der Waals surface area contributed by atoms with Crippen molar-refractivity contribution in [3.8, 4) is 0 Å². The molecule has 0 heterocycles. The van der Waals surface area contributed by atoms with Crippen LogP contribution < -0.4 is 29.6 Å². The van der Waals surface area contributed by atoms with Crippen LogP contribution in [0.2, 0.25) is 0 Å². The Bertz CT molecular complexity index is 398. The van der Waals surface area contributed by atoms with E-state index in [2.05, 4.69) is 0 Å². The van der Waals surface area contributed by atoms with Gasteiger partial charge in [-0.2, -0.15) is 8.42 Å². The molecule has 0 aliphatic rings. The molecule has 0 aliphatic heterocycles. The third-order valence-corrected chi connectivity index (χ3v) is 2.75. The molecule has 0 saturated heterocycles. The quantitative estimate of drug-likeness (QED) is 0.520. The Morgan fingerprint density at radius 3 is 2.07 bits per heavy atom. The predicted molar refractivity (Wildman–Crippen MR) is 50.3 cm³/mol. The maximum absolute atomic E-state index is 10.9. The van der Waals surface area contributed by atoms with Gasteiger partial charge in [-0.05, 0) is 17.5 Å². The molecule has 0 unspecified atom stereocenters. The predicted octanol–water partition coefficient (Wildman–Crippen LogP) is -0.939. The van der Waals surface area contributed by atoms with Crippen LogP contribution in [0, 0.1) is 0 Å². The van der Waals surface area contributed by atoms with Crippen LogP contribution in [-0.4, -0.2) is 13.0 Å². The Hall–Kier alpha value is 0.130. The second kappa shape index (κ2) is 5.28. The van der Waals surface area contributed by atoms with Crippen LogP contribution in [0.1, 0.15) is 25.3 Å². The van der Waals surface area contributed by atoms with E-state index in [1.165, 1.54) is 6.07 Å². The standard InChI is InChI=1S/C9H12O3S.Na/c1-7(2)8-5-3-4-6-9(8)13(10,11)12;/h3-7H,1-2H3,(H,10,11,12);/q;+1. The average molecular weight is 223 g/mol. The summed E-state index contributed by atoms with van der Waals surface area (Å²) in [5, 5.41) is 0. The molecule has 0 aliphatic carbocycles. The monoisotopic (exact) mass is 223 g/mol. The summed E-state index contributed by atoms with van der Waals surface area (Å²) < 4.78 is 30.7. The maximum atomic E-state index is 10.9. The molecule has 0 atom stereocenters. The average Bonchev–Trinajstić information content (AvgIpc) is 2.03. The zero-order chi connectivity index (χ0) is 10.1. The zero-order valence-electron chi connectivity index (χ0n) is 8.56. The minimum Gasteiger partial charge on any atom is -0.282 e. The van der Waals surface area contributed by atoms with Gasteiger partial charge in [0.2, 0.25) is 0 Å². The fraction of sp³-hybridized carbons (Fsp3) is 0.333. The first-order chi connectivity index (χ1) is 5.93. The fourth-order valence-corrected chi connectivity index (χ4v) is 2.04. The zero-order valence-corrected chi connectivity index (χ0v) is 11.4. The van der Waals surface area contributed by atoms with E-state index >= 15 is 0 Å². The summed E-state index contributed by atoms with van der Waals surface area (Å²) in [5.74, 6) is 0.0816. The van der Waals surface area contributed by atoms with Crippen LogP contribution in [0.15, 0.2) is 29.2 Å². The molecule has 0 radical (unpaired) electrons. The number of hydrogen-bond acceptors (Lipinski definition) is 2. The van der Waals surface area contributed by atoms with E-state index in [-0.39, 0.29) is 40.4 Å². The van der Waals surface area contributed by atoms with Crippen molar-refractivity contribution in [2.45, 2.75) is 24.7 Å². The molecular formula is C9H12NaO3S+. The fourth-order valence-electron chi connectivity index (χ4n) is 1.19. The van der Waals surface area contributed by atoms with E-state index in [1.807, 2.05) is 13.8 Å². The summed E-state index contributed by atoms with van der Waals surface area (Å²) in [5.41, 5.74) is 0.644. The van der Waals surface area contributed by atoms with Crippen LogP contribution in [0.3, 0.4) is 0 Å². The molecule has 0 fully saturated rings. The Balaban J connectivity index is 0.00000169. The van der Waals surface area contributed by atoms with Gasteiger partial charge < -0.3 is 0 Å². The molecule has 1 N–H and O–H groups in total. The Labute approximate surface area is 107 Å². The molecular weight excluding hydrogens is 211 g/mol. The van der Waals surface area contributed by atoms with E-state index in [4.69, 9.17) is 4.55 Å². The van der Waals surface area contributed by atoms with Gasteiger partial charge in [0.25, 0.3) is 10.1 Å². The van der Waals surface area contributed by atoms with Gasteiger partial charge in [0.05, 0.1) is 4.90 Å². The van der Waals surface area contributed by atoms with Crippen molar-refractivity contribution in [3.05, 3.63) is 29.8 Å². The molecule has 5 heteroatoms. The van der Waals surface area contributed by atoms with Gasteiger partial charge in [0, 0.05) is 0 Å². The van der Waals surface area contributed by atoms with E-state index in [9.17, 15) is 8.42 Å². The van der Waals surface area contributed by atoms with Gasteiger partial charge >= 0.3 is 29.6 Å². The molecule has 0 amide bonds. The molecule has 1 rings (SSSR count). The summed E-state index contributed by atoms with van der Waals surface area (Å²) >= 11 is 0. The van der Waals surface area contributed by atoms with Crippen molar-refractivity contribution in [1.82, 2.24) is 0 Å². The van der Waals surface area contributed by atoms with Crippen LogP contribution in [0.25, 0.3) is 0 Å². The minimum atomic E-state index is -4.08. The normalized spacial score (nSPS) is 11.1. The maximum Gasteiger partial charge on any atom is 1.00 e. The van der Waals surface area contributed by atoms with Crippen molar-refractivity contribution in [2.24, 2.45) is 0 Å². The van der Waals surface area contributed by atoms with Crippen LogP contribution in [0.4, 0.5) is 0 Å². The summed E-state index contributed by atoms with van der Waals surface area (Å²) in [6.45, 7) is 3.76. The van der Waals surface area contributed by atoms with Gasteiger partial charge in [-0.25, -0.2) is 0 Å². The van der Waals surface area contributed by atoms with Crippen LogP contribution in [0.5, 0.6) is 0 Å². The van der Waals surface area contributed by atoms with Crippen molar-refractivity contribution in [2.75, 3.05) is 0 Å². The van der Waals surface area contributed by atoms with Crippen LogP contribution >= 0.6 is 0 Å². The van der Waals surface area contributed by atoms with Gasteiger partial charge in [-0.1, -0.05) is 32.0 Å². The van der Waals surface area contributed by atoms with Crippen LogP contribution in [-0.2, 0) is 10.1 Å². The van der Waals surface area contributed by atoms with Gasteiger partial charge in [-0.3, -0.25) is 4.55 Å². The molecule has 3 nitrogen and oxygen atoms in total. The summed E-state index contributed by atoms with van der Waals surface area (Å²) in [6, 6.07) is 6.46. The minimum absolute atomic E-state index is 0. The van der Waals surface area contributed by atoms with E-state index in [0.29, 0.717) is 5.56 Å². The summed E-state index contributed by atoms with van der Waals surface area (Å²) in [6.07, 6.45) is 0. The number of rotatable bonds is 2. The van der Waals surface area contributed by atoms with Gasteiger partial charge in [0.1, 0.15) is 0 Å². The van der Waals surface area contributed by atoms with Gasteiger partial charge in [-0.15, -0.1) is 0 Å². The van der Waals surface area contributed by atoms with Crippen molar-refractivity contribution >= 4 is 10.1 Å². The molecule has 0 saturated carbocycles. The molecule has 14 heavy (non-hydrogen) atoms. The van der Waals surface area contributed by atoms with Crippen molar-refractivity contribution < 1.29 is 42.5 Å². The Morgan fingerprint density at radius 2 is 1.71 bits per heavy atom. The smallest absolute Gasteiger partial charge is 0.282 e. The van der Waals surface area contributed by atoms with Crippen molar-refractivity contribution in [3.63, 3.8) is 0 Å². The molecule has 1 aromatic carbocycles. The van der Waals surface area contributed by atoms with Crippen molar-refractivity contribution in [1.29, 1.82) is 0 Å². The van der Waals surface area contributed by atoms with E-state index in [0.717, 1.165) is 0 Å². The second-order valence-corrected chi connectivity index (χ2v) is 4.56. The SMILES string of the molecule is CC(C)c1ccccc1S(=O)(=O)O.[Na+]. The largest absolute Gasteiger partial charge is 1.00 e. The molecule has 72 valence electrons. The Morgan fingerprint density at radius 1 is 1.21 bits per heavy atom. The van der Waals surface area contributed by atoms with E-state index < -0.39 is 10.1 Å². The third kappa shape index (κ3) is 3.37. The second-order valence-electron chi connectivity index (χ2n) is 3.17. The van der Waals surface area contributed by atoms with E-state index in [1.54, 1.807) is 18.2 Å². The first-order valence-electron chi connectivity index (χ1n) is 3.99. The molecule has 0 bridgehead atoms. The number of benzene rings is 1. The molecule has 0 spiro atoms. The third-order valence-electron chi connectivity index (χ3n) is 1.82. The first-order valence-corrected chi connectivity index (χ1v) is 5.43. The first kappa shape index (κ1) is 14.1. The molecule has 1 aromatic rings. The number of hydrogen-bond donors (Lipinski definition) is 1. The molecule has 0 aromatic heterocycles.